The quantitative estimate of drug-likeness (QED) is 0.521. The van der Waals surface area contributed by atoms with E-state index in [0.29, 0.717) is 29.7 Å². The Bertz CT molecular complexity index is 945. The van der Waals surface area contributed by atoms with Crippen molar-refractivity contribution in [3.05, 3.63) is 28.7 Å². The maximum absolute atomic E-state index is 12.3. The van der Waals surface area contributed by atoms with Crippen LogP contribution in [0.1, 0.15) is 53.0 Å². The molecule has 2 fully saturated rings. The van der Waals surface area contributed by atoms with Crippen molar-refractivity contribution in [2.45, 2.75) is 59.1 Å². The largest absolute Gasteiger partial charge is 0.491 e. The number of imide groups is 1. The molecule has 2 heterocycles. The van der Waals surface area contributed by atoms with Gasteiger partial charge in [0.1, 0.15) is 11.4 Å². The molecule has 0 radical (unpaired) electrons. The van der Waals surface area contributed by atoms with Crippen molar-refractivity contribution in [3.63, 3.8) is 0 Å². The number of carbonyl (C=O) groups is 3. The zero-order chi connectivity index (χ0) is 24.2. The highest BCUT2D eigenvalue weighted by atomic mass is 35.5. The van der Waals surface area contributed by atoms with Gasteiger partial charge >= 0.3 is 6.09 Å². The van der Waals surface area contributed by atoms with Crippen LogP contribution in [0.25, 0.3) is 6.08 Å². The molecule has 2 N–H and O–H groups in total. The Morgan fingerprint density at radius 1 is 1.32 bits per heavy atom. The Morgan fingerprint density at radius 3 is 2.68 bits per heavy atom. The van der Waals surface area contributed by atoms with E-state index in [0.717, 1.165) is 42.4 Å². The smallest absolute Gasteiger partial charge is 0.407 e. The number of ether oxygens (including phenoxy) is 2. The summed E-state index contributed by atoms with van der Waals surface area (Å²) in [6.45, 7) is 11.6. The van der Waals surface area contributed by atoms with E-state index < -0.39 is 17.6 Å². The van der Waals surface area contributed by atoms with Crippen LogP contribution >= 0.6 is 24.2 Å². The Kier molecular flexibility index (Phi) is 9.70. The van der Waals surface area contributed by atoms with E-state index >= 15 is 0 Å². The number of halogens is 1. The van der Waals surface area contributed by atoms with Crippen LogP contribution in [0.4, 0.5) is 15.3 Å². The van der Waals surface area contributed by atoms with Crippen LogP contribution in [-0.2, 0) is 9.53 Å². The van der Waals surface area contributed by atoms with Crippen LogP contribution in [0, 0.1) is 5.92 Å². The minimum atomic E-state index is -0.563. The van der Waals surface area contributed by atoms with E-state index in [-0.39, 0.29) is 23.7 Å². The summed E-state index contributed by atoms with van der Waals surface area (Å²) in [6.07, 6.45) is 3.02. The molecule has 0 bridgehead atoms. The summed E-state index contributed by atoms with van der Waals surface area (Å²) in [6, 6.07) is 5.62. The number of nitrogens with one attached hydrogen (secondary N) is 2. The second-order valence-corrected chi connectivity index (χ2v) is 10.7. The topological polar surface area (TPSA) is 97.0 Å². The van der Waals surface area contributed by atoms with Crippen LogP contribution in [0.5, 0.6) is 5.75 Å². The molecule has 8 nitrogen and oxygen atoms in total. The summed E-state index contributed by atoms with van der Waals surface area (Å²) in [5.74, 6) is 0.662. The number of alkyl carbamates (subject to hydrolysis) is 1. The molecule has 2 aliphatic heterocycles. The number of hydrogen-bond donors (Lipinski definition) is 2. The summed E-state index contributed by atoms with van der Waals surface area (Å²) < 4.78 is 11.6. The normalized spacial score (nSPS) is 19.6. The standard InChI is InChI=1S/C24H33N3O5S.ClH/c1-15(2)14-31-18-10-6-8-16(12-19-21(28)26-23(30)33-19)20(18)27-11-7-9-17(13-27)25-22(29)32-24(3,4)5;/h6,8,10,12,15,17H,7,9,11,13-14H2,1-5H3,(H,25,29)(H,26,28,30);1H/b19-12-;/t17-;/m1./s1. The first-order valence-electron chi connectivity index (χ1n) is 11.3. The van der Waals surface area contributed by atoms with Gasteiger partial charge in [0.15, 0.2) is 0 Å². The van der Waals surface area contributed by atoms with Crippen molar-refractivity contribution >= 4 is 53.2 Å². The number of thioether (sulfide) groups is 1. The van der Waals surface area contributed by atoms with Gasteiger partial charge in [-0.25, -0.2) is 4.79 Å². The van der Waals surface area contributed by atoms with E-state index in [1.54, 1.807) is 6.08 Å². The monoisotopic (exact) mass is 511 g/mol. The van der Waals surface area contributed by atoms with Crippen molar-refractivity contribution in [1.82, 2.24) is 10.6 Å². The van der Waals surface area contributed by atoms with E-state index in [1.807, 2.05) is 39.0 Å². The predicted molar refractivity (Wildman–Crippen MR) is 138 cm³/mol. The molecule has 0 aliphatic carbocycles. The SMILES string of the molecule is CC(C)COc1cccc(/C=C2\SC(=O)NC2=O)c1N1CCC[C@@H](NC(=O)OC(C)(C)C)C1.Cl. The minimum Gasteiger partial charge on any atom is -0.491 e. The zero-order valence-electron chi connectivity index (χ0n) is 20.3. The molecule has 188 valence electrons. The van der Waals surface area contributed by atoms with Crippen molar-refractivity contribution in [2.24, 2.45) is 5.92 Å². The third kappa shape index (κ3) is 7.84. The van der Waals surface area contributed by atoms with Gasteiger partial charge in [-0.1, -0.05) is 26.0 Å². The van der Waals surface area contributed by atoms with Gasteiger partial charge in [0.2, 0.25) is 0 Å². The van der Waals surface area contributed by atoms with Crippen molar-refractivity contribution < 1.29 is 23.9 Å². The molecule has 2 saturated heterocycles. The number of benzene rings is 1. The average Bonchev–Trinajstić information content (AvgIpc) is 3.01. The molecule has 0 unspecified atom stereocenters. The Labute approximate surface area is 211 Å². The molecule has 1 aromatic rings. The maximum Gasteiger partial charge on any atom is 0.407 e. The van der Waals surface area contributed by atoms with Crippen LogP contribution in [0.3, 0.4) is 0 Å². The highest BCUT2D eigenvalue weighted by molar-refractivity contribution is 8.18. The summed E-state index contributed by atoms with van der Waals surface area (Å²) in [5, 5.41) is 4.90. The highest BCUT2D eigenvalue weighted by Gasteiger charge is 2.29. The first-order valence-corrected chi connectivity index (χ1v) is 12.1. The van der Waals surface area contributed by atoms with E-state index in [4.69, 9.17) is 9.47 Å². The van der Waals surface area contributed by atoms with Crippen LogP contribution in [0.15, 0.2) is 23.1 Å². The highest BCUT2D eigenvalue weighted by Crippen LogP contribution is 2.37. The van der Waals surface area contributed by atoms with Gasteiger partial charge in [0.25, 0.3) is 11.1 Å². The number of rotatable bonds is 6. The number of amides is 3. The Hall–Kier alpha value is -2.39. The summed E-state index contributed by atoms with van der Waals surface area (Å²) >= 11 is 0.891. The number of hydrogen-bond acceptors (Lipinski definition) is 7. The van der Waals surface area contributed by atoms with Crippen LogP contribution in [-0.4, -0.2) is 48.6 Å². The minimum absolute atomic E-state index is 0. The van der Waals surface area contributed by atoms with Crippen LogP contribution < -0.4 is 20.3 Å². The first-order chi connectivity index (χ1) is 15.5. The lowest BCUT2D eigenvalue weighted by atomic mass is 10.0. The number of anilines is 1. The van der Waals surface area contributed by atoms with Gasteiger partial charge in [0, 0.05) is 24.7 Å². The van der Waals surface area contributed by atoms with Crippen LogP contribution in [0.2, 0.25) is 0 Å². The summed E-state index contributed by atoms with van der Waals surface area (Å²) in [7, 11) is 0. The predicted octanol–water partition coefficient (Wildman–Crippen LogP) is 4.96. The van der Waals surface area contributed by atoms with E-state index in [9.17, 15) is 14.4 Å². The van der Waals surface area contributed by atoms with E-state index in [1.165, 1.54) is 0 Å². The molecule has 0 saturated carbocycles. The Morgan fingerprint density at radius 2 is 2.06 bits per heavy atom. The van der Waals surface area contributed by atoms with Gasteiger partial charge in [-0.3, -0.25) is 14.9 Å². The Balaban J connectivity index is 0.00000408. The lowest BCUT2D eigenvalue weighted by molar-refractivity contribution is -0.115. The van der Waals surface area contributed by atoms with Crippen molar-refractivity contribution in [2.75, 3.05) is 24.6 Å². The fourth-order valence-corrected chi connectivity index (χ4v) is 4.37. The van der Waals surface area contributed by atoms with E-state index in [2.05, 4.69) is 29.4 Å². The lowest BCUT2D eigenvalue weighted by Crippen LogP contribution is -2.49. The third-order valence-electron chi connectivity index (χ3n) is 4.99. The second kappa shape index (κ2) is 11.8. The molecule has 1 aromatic carbocycles. The zero-order valence-corrected chi connectivity index (χ0v) is 21.9. The second-order valence-electron chi connectivity index (χ2n) is 9.68. The van der Waals surface area contributed by atoms with Gasteiger partial charge < -0.3 is 19.7 Å². The maximum atomic E-state index is 12.3. The number of para-hydroxylation sites is 1. The molecule has 10 heteroatoms. The molecular formula is C24H34ClN3O5S. The van der Waals surface area contributed by atoms with Crippen molar-refractivity contribution in [1.29, 1.82) is 0 Å². The fourth-order valence-electron chi connectivity index (χ4n) is 3.70. The van der Waals surface area contributed by atoms with Gasteiger partial charge in [-0.05, 0) is 63.4 Å². The number of piperidine rings is 1. The van der Waals surface area contributed by atoms with Gasteiger partial charge in [-0.2, -0.15) is 0 Å². The summed E-state index contributed by atoms with van der Waals surface area (Å²) in [5.41, 5.74) is 1.09. The van der Waals surface area contributed by atoms with Gasteiger partial charge in [-0.15, -0.1) is 12.4 Å². The molecule has 3 amide bonds. The number of nitrogens with zero attached hydrogens (tertiary/aromatic N) is 1. The molecule has 34 heavy (non-hydrogen) atoms. The van der Waals surface area contributed by atoms with Gasteiger partial charge in [0.05, 0.1) is 17.2 Å². The molecule has 0 spiro atoms. The number of carbonyl (C=O) groups excluding carboxylic acids is 3. The molecule has 3 rings (SSSR count). The average molecular weight is 512 g/mol. The first kappa shape index (κ1) is 27.9. The molecule has 1 atom stereocenters. The summed E-state index contributed by atoms with van der Waals surface area (Å²) in [4.78, 5) is 38.6. The molecule has 0 aromatic heterocycles. The lowest BCUT2D eigenvalue weighted by Gasteiger charge is -2.36. The molecular weight excluding hydrogens is 478 g/mol. The molecule has 2 aliphatic rings. The fraction of sp³-hybridized carbons (Fsp3) is 0.542. The third-order valence-corrected chi connectivity index (χ3v) is 5.80. The van der Waals surface area contributed by atoms with Crippen molar-refractivity contribution in [3.8, 4) is 5.75 Å².